The van der Waals surface area contributed by atoms with Gasteiger partial charge in [-0.15, -0.1) is 0 Å². The minimum atomic E-state index is 0.0513. The number of hydrogen-bond donors (Lipinski definition) is 1. The van der Waals surface area contributed by atoms with Crippen LogP contribution in [0, 0.1) is 11.3 Å². The fourth-order valence-corrected chi connectivity index (χ4v) is 1.31. The van der Waals surface area contributed by atoms with Gasteiger partial charge in [-0.2, -0.15) is 5.26 Å². The molecule has 0 fully saturated rings. The molecule has 0 aliphatic heterocycles. The number of nitrogens with zero attached hydrogens (tertiary/aromatic N) is 4. The smallest absolute Gasteiger partial charge is 0.234 e. The van der Waals surface area contributed by atoms with E-state index in [9.17, 15) is 0 Å². The lowest BCUT2D eigenvalue weighted by Gasteiger charge is -2.00. The van der Waals surface area contributed by atoms with Gasteiger partial charge in [0.05, 0.1) is 6.61 Å². The highest BCUT2D eigenvalue weighted by Crippen LogP contribution is 2.11. The Balaban J connectivity index is 2.59. The van der Waals surface area contributed by atoms with E-state index in [2.05, 4.69) is 9.97 Å². The molecule has 0 saturated heterocycles. The number of hydrogen-bond acceptors (Lipinski definition) is 4. The van der Waals surface area contributed by atoms with Gasteiger partial charge in [0.2, 0.25) is 5.82 Å². The van der Waals surface area contributed by atoms with Crippen LogP contribution in [0.1, 0.15) is 5.82 Å². The highest BCUT2D eigenvalue weighted by Gasteiger charge is 2.03. The Kier molecular flexibility index (Phi) is 2.13. The topological polar surface area (TPSA) is 74.7 Å². The van der Waals surface area contributed by atoms with Crippen LogP contribution in [0.15, 0.2) is 18.5 Å². The van der Waals surface area contributed by atoms with Crippen LogP contribution in [0.3, 0.4) is 0 Å². The van der Waals surface area contributed by atoms with Crippen molar-refractivity contribution in [2.75, 3.05) is 6.61 Å². The van der Waals surface area contributed by atoms with E-state index in [-0.39, 0.29) is 12.4 Å². The van der Waals surface area contributed by atoms with Crippen molar-refractivity contribution in [2.24, 2.45) is 0 Å². The quantitative estimate of drug-likeness (QED) is 0.735. The molecule has 14 heavy (non-hydrogen) atoms. The molecule has 5 nitrogen and oxygen atoms in total. The standard InChI is InChI=1S/C9H8N4O/c10-5-8-11-6-7-1-2-13(3-4-14)9(7)12-8/h1-2,6,14H,3-4H2. The van der Waals surface area contributed by atoms with E-state index in [4.69, 9.17) is 10.4 Å². The zero-order valence-corrected chi connectivity index (χ0v) is 7.38. The average molecular weight is 188 g/mol. The van der Waals surface area contributed by atoms with Gasteiger partial charge in [-0.3, -0.25) is 0 Å². The van der Waals surface area contributed by atoms with Gasteiger partial charge in [-0.05, 0) is 6.07 Å². The van der Waals surface area contributed by atoms with E-state index in [0.29, 0.717) is 12.2 Å². The van der Waals surface area contributed by atoms with Crippen molar-refractivity contribution >= 4 is 11.0 Å². The van der Waals surface area contributed by atoms with Gasteiger partial charge in [-0.1, -0.05) is 0 Å². The first-order valence-electron chi connectivity index (χ1n) is 4.18. The first-order chi connectivity index (χ1) is 6.85. The summed E-state index contributed by atoms with van der Waals surface area (Å²) in [6, 6.07) is 3.73. The maximum atomic E-state index is 8.79. The molecule has 0 amide bonds. The predicted molar refractivity (Wildman–Crippen MR) is 49.3 cm³/mol. The Morgan fingerprint density at radius 2 is 2.43 bits per heavy atom. The number of rotatable bonds is 2. The molecule has 0 aromatic carbocycles. The van der Waals surface area contributed by atoms with Gasteiger partial charge in [0.15, 0.2) is 0 Å². The van der Waals surface area contributed by atoms with Crippen LogP contribution in [-0.4, -0.2) is 26.2 Å². The van der Waals surface area contributed by atoms with Crippen LogP contribution >= 0.6 is 0 Å². The Morgan fingerprint density at radius 3 is 3.14 bits per heavy atom. The lowest BCUT2D eigenvalue weighted by molar-refractivity contribution is 0.278. The minimum Gasteiger partial charge on any atom is -0.395 e. The van der Waals surface area contributed by atoms with Gasteiger partial charge in [0, 0.05) is 24.3 Å². The third kappa shape index (κ3) is 1.32. The van der Waals surface area contributed by atoms with Crippen molar-refractivity contribution in [2.45, 2.75) is 6.54 Å². The summed E-state index contributed by atoms with van der Waals surface area (Å²) in [4.78, 5) is 7.90. The van der Waals surface area contributed by atoms with Crippen molar-refractivity contribution in [3.63, 3.8) is 0 Å². The van der Waals surface area contributed by atoms with Crippen molar-refractivity contribution in [1.82, 2.24) is 14.5 Å². The monoisotopic (exact) mass is 188 g/mol. The molecule has 0 unspecified atom stereocenters. The lowest BCUT2D eigenvalue weighted by atomic mass is 10.4. The van der Waals surface area contributed by atoms with Crippen LogP contribution in [0.4, 0.5) is 0 Å². The third-order valence-corrected chi connectivity index (χ3v) is 1.94. The Morgan fingerprint density at radius 1 is 1.57 bits per heavy atom. The van der Waals surface area contributed by atoms with Crippen molar-refractivity contribution < 1.29 is 5.11 Å². The lowest BCUT2D eigenvalue weighted by Crippen LogP contribution is -2.02. The molecule has 2 aromatic heterocycles. The summed E-state index contributed by atoms with van der Waals surface area (Å²) < 4.78 is 1.79. The van der Waals surface area contributed by atoms with Gasteiger partial charge >= 0.3 is 0 Å². The zero-order chi connectivity index (χ0) is 9.97. The van der Waals surface area contributed by atoms with Crippen molar-refractivity contribution in [1.29, 1.82) is 5.26 Å². The number of aliphatic hydroxyl groups is 1. The first-order valence-corrected chi connectivity index (χ1v) is 4.18. The second-order valence-electron chi connectivity index (χ2n) is 2.82. The molecule has 2 rings (SSSR count). The van der Waals surface area contributed by atoms with E-state index in [1.807, 2.05) is 18.3 Å². The molecular weight excluding hydrogens is 180 g/mol. The normalized spacial score (nSPS) is 10.3. The molecule has 5 heteroatoms. The summed E-state index contributed by atoms with van der Waals surface area (Å²) >= 11 is 0. The van der Waals surface area contributed by atoms with Crippen molar-refractivity contribution in [3.05, 3.63) is 24.3 Å². The summed E-state index contributed by atoms with van der Waals surface area (Å²) in [6.45, 7) is 0.529. The second-order valence-corrected chi connectivity index (χ2v) is 2.82. The van der Waals surface area contributed by atoms with E-state index in [0.717, 1.165) is 5.39 Å². The molecule has 0 bridgehead atoms. The van der Waals surface area contributed by atoms with Gasteiger partial charge in [-0.25, -0.2) is 9.97 Å². The summed E-state index contributed by atoms with van der Waals surface area (Å²) in [5.74, 6) is 0.149. The molecule has 2 aromatic rings. The predicted octanol–water partition coefficient (Wildman–Crippen LogP) is 0.295. The summed E-state index contributed by atoms with van der Waals surface area (Å²) in [7, 11) is 0. The summed E-state index contributed by atoms with van der Waals surface area (Å²) in [6.07, 6.45) is 3.42. The maximum Gasteiger partial charge on any atom is 0.234 e. The fraction of sp³-hybridized carbons (Fsp3) is 0.222. The van der Waals surface area contributed by atoms with E-state index in [1.54, 1.807) is 10.8 Å². The zero-order valence-electron chi connectivity index (χ0n) is 7.38. The highest BCUT2D eigenvalue weighted by atomic mass is 16.3. The van der Waals surface area contributed by atoms with Crippen LogP contribution in [0.25, 0.3) is 11.0 Å². The number of fused-ring (bicyclic) bond motifs is 1. The molecule has 2 heterocycles. The average Bonchev–Trinajstić information content (AvgIpc) is 2.61. The molecule has 0 aliphatic carbocycles. The van der Waals surface area contributed by atoms with Gasteiger partial charge in [0.25, 0.3) is 0 Å². The number of aliphatic hydroxyl groups excluding tert-OH is 1. The summed E-state index contributed by atoms with van der Waals surface area (Å²) in [5, 5.41) is 18.3. The largest absolute Gasteiger partial charge is 0.395 e. The second kappa shape index (κ2) is 3.44. The third-order valence-electron chi connectivity index (χ3n) is 1.94. The van der Waals surface area contributed by atoms with Crippen LogP contribution in [-0.2, 0) is 6.54 Å². The molecule has 0 atom stereocenters. The Bertz CT molecular complexity index is 497. The Hall–Kier alpha value is -1.93. The minimum absolute atomic E-state index is 0.0513. The van der Waals surface area contributed by atoms with Gasteiger partial charge in [0.1, 0.15) is 11.7 Å². The van der Waals surface area contributed by atoms with Crippen LogP contribution < -0.4 is 0 Å². The highest BCUT2D eigenvalue weighted by molar-refractivity contribution is 5.75. The number of nitriles is 1. The molecule has 1 N–H and O–H groups in total. The number of aromatic nitrogens is 3. The molecule has 0 saturated carbocycles. The molecule has 70 valence electrons. The van der Waals surface area contributed by atoms with E-state index < -0.39 is 0 Å². The van der Waals surface area contributed by atoms with E-state index >= 15 is 0 Å². The molecule has 0 radical (unpaired) electrons. The molecular formula is C9H8N4O. The van der Waals surface area contributed by atoms with Crippen molar-refractivity contribution in [3.8, 4) is 6.07 Å². The van der Waals surface area contributed by atoms with Gasteiger partial charge < -0.3 is 9.67 Å². The maximum absolute atomic E-state index is 8.79. The molecule has 0 aliphatic rings. The fourth-order valence-electron chi connectivity index (χ4n) is 1.31. The van der Waals surface area contributed by atoms with E-state index in [1.165, 1.54) is 0 Å². The molecule has 0 spiro atoms. The van der Waals surface area contributed by atoms with Crippen LogP contribution in [0.5, 0.6) is 0 Å². The SMILES string of the molecule is N#Cc1ncc2ccn(CCO)c2n1. The summed E-state index contributed by atoms with van der Waals surface area (Å²) in [5.41, 5.74) is 0.686. The first kappa shape index (κ1) is 8.66. The Labute approximate surface area is 80.3 Å². The van der Waals surface area contributed by atoms with Crippen LogP contribution in [0.2, 0.25) is 0 Å².